The molecule has 4 nitrogen and oxygen atoms in total. The topological polar surface area (TPSA) is 59.1 Å². The maximum Gasteiger partial charge on any atom is 0.237 e. The van der Waals surface area contributed by atoms with Gasteiger partial charge in [0.15, 0.2) is 10.1 Å². The summed E-state index contributed by atoms with van der Waals surface area (Å²) < 4.78 is 0.860. The predicted molar refractivity (Wildman–Crippen MR) is 108 cm³/mol. The van der Waals surface area contributed by atoms with Crippen LogP contribution in [0.25, 0.3) is 11.3 Å². The third-order valence-corrected chi connectivity index (χ3v) is 5.83. The smallest absolute Gasteiger partial charge is 0.237 e. The second kappa shape index (κ2) is 8.29. The van der Waals surface area contributed by atoms with Gasteiger partial charge in [-0.05, 0) is 38.1 Å². The molecule has 0 saturated carbocycles. The monoisotopic (exact) mass is 382 g/mol. The first-order valence-corrected chi connectivity index (χ1v) is 9.88. The normalized spacial score (nSPS) is 11.8. The molecule has 0 aliphatic heterocycles. The van der Waals surface area contributed by atoms with Crippen LogP contribution in [0.2, 0.25) is 0 Å². The third kappa shape index (κ3) is 4.59. The number of carbonyl (C=O) groups is 2. The van der Waals surface area contributed by atoms with E-state index in [-0.39, 0.29) is 16.9 Å². The van der Waals surface area contributed by atoms with Gasteiger partial charge in [-0.3, -0.25) is 9.59 Å². The first-order valence-electron chi connectivity index (χ1n) is 8.12. The summed E-state index contributed by atoms with van der Waals surface area (Å²) in [7, 11) is 0. The van der Waals surface area contributed by atoms with Crippen LogP contribution in [0, 0.1) is 0 Å². The van der Waals surface area contributed by atoms with Crippen molar-refractivity contribution in [2.75, 3.05) is 5.32 Å². The van der Waals surface area contributed by atoms with Crippen molar-refractivity contribution in [2.45, 2.75) is 23.4 Å². The number of hydrogen-bond donors (Lipinski definition) is 1. The van der Waals surface area contributed by atoms with Crippen molar-refractivity contribution in [3.05, 3.63) is 65.5 Å². The Morgan fingerprint density at radius 1 is 1.08 bits per heavy atom. The van der Waals surface area contributed by atoms with Crippen molar-refractivity contribution in [2.24, 2.45) is 0 Å². The molecule has 1 N–H and O–H groups in total. The molecule has 3 aromatic rings. The summed E-state index contributed by atoms with van der Waals surface area (Å²) >= 11 is 2.97. The van der Waals surface area contributed by atoms with Gasteiger partial charge in [-0.1, -0.05) is 42.1 Å². The van der Waals surface area contributed by atoms with Crippen molar-refractivity contribution in [3.63, 3.8) is 0 Å². The van der Waals surface area contributed by atoms with Crippen molar-refractivity contribution in [1.29, 1.82) is 0 Å². The number of nitrogens with zero attached hydrogens (tertiary/aromatic N) is 1. The lowest BCUT2D eigenvalue weighted by Gasteiger charge is -2.10. The maximum atomic E-state index is 12.4. The summed E-state index contributed by atoms with van der Waals surface area (Å²) in [5.74, 6) is -0.0909. The highest BCUT2D eigenvalue weighted by Gasteiger charge is 2.17. The van der Waals surface area contributed by atoms with Crippen LogP contribution < -0.4 is 5.32 Å². The number of aromatic nitrogens is 1. The van der Waals surface area contributed by atoms with Crippen molar-refractivity contribution in [3.8, 4) is 11.3 Å². The number of benzene rings is 2. The van der Waals surface area contributed by atoms with E-state index in [1.165, 1.54) is 30.0 Å². The quantitative estimate of drug-likeness (QED) is 0.474. The number of Topliss-reactive ketones (excluding diaryl/α,β-unsaturated/α-hetero) is 1. The molecule has 0 unspecified atom stereocenters. The Kier molecular flexibility index (Phi) is 5.85. The zero-order valence-corrected chi connectivity index (χ0v) is 16.1. The lowest BCUT2D eigenvalue weighted by atomic mass is 10.1. The van der Waals surface area contributed by atoms with Gasteiger partial charge in [-0.2, -0.15) is 0 Å². The van der Waals surface area contributed by atoms with Gasteiger partial charge in [0.05, 0.1) is 10.9 Å². The number of nitrogens with one attached hydrogen (secondary N) is 1. The molecule has 0 radical (unpaired) electrons. The Balaban J connectivity index is 1.61. The number of carbonyl (C=O) groups excluding carboxylic acids is 2. The van der Waals surface area contributed by atoms with Gasteiger partial charge in [0.1, 0.15) is 0 Å². The highest BCUT2D eigenvalue weighted by molar-refractivity contribution is 8.02. The van der Waals surface area contributed by atoms with Crippen molar-refractivity contribution < 1.29 is 9.59 Å². The number of anilines is 1. The molecule has 0 aliphatic rings. The fraction of sp³-hybridized carbons (Fsp3) is 0.150. The van der Waals surface area contributed by atoms with Gasteiger partial charge in [-0.15, -0.1) is 11.3 Å². The molecule has 1 amide bonds. The molecule has 0 bridgehead atoms. The maximum absolute atomic E-state index is 12.4. The summed E-state index contributed by atoms with van der Waals surface area (Å²) in [6.07, 6.45) is 0. The average Bonchev–Trinajstić information content (AvgIpc) is 3.11. The second-order valence-corrected chi connectivity index (χ2v) is 8.19. The van der Waals surface area contributed by atoms with E-state index >= 15 is 0 Å². The largest absolute Gasteiger partial charge is 0.325 e. The predicted octanol–water partition coefficient (Wildman–Crippen LogP) is 5.13. The molecule has 0 saturated heterocycles. The minimum atomic E-state index is -0.280. The number of ketones is 1. The van der Waals surface area contributed by atoms with Crippen LogP contribution in [-0.2, 0) is 4.79 Å². The summed E-state index contributed by atoms with van der Waals surface area (Å²) in [5, 5.41) is 4.59. The first kappa shape index (κ1) is 18.4. The fourth-order valence-corrected chi connectivity index (χ4v) is 4.26. The molecular formula is C20H18N2O2S2. The lowest BCUT2D eigenvalue weighted by molar-refractivity contribution is -0.115. The Bertz CT molecular complexity index is 905. The summed E-state index contributed by atoms with van der Waals surface area (Å²) in [4.78, 5) is 28.3. The average molecular weight is 383 g/mol. The molecule has 0 fully saturated rings. The Morgan fingerprint density at radius 3 is 2.42 bits per heavy atom. The molecule has 3 rings (SSSR count). The zero-order valence-electron chi connectivity index (χ0n) is 14.4. The Hall–Kier alpha value is -2.44. The molecule has 26 heavy (non-hydrogen) atoms. The van der Waals surface area contributed by atoms with E-state index in [0.717, 1.165) is 15.6 Å². The minimum absolute atomic E-state index is 0.00444. The summed E-state index contributed by atoms with van der Waals surface area (Å²) in [6, 6.07) is 16.9. The number of rotatable bonds is 6. The highest BCUT2D eigenvalue weighted by atomic mass is 32.2. The first-order chi connectivity index (χ1) is 12.5. The van der Waals surface area contributed by atoms with E-state index in [1.807, 2.05) is 42.6 Å². The van der Waals surface area contributed by atoms with Gasteiger partial charge < -0.3 is 5.32 Å². The van der Waals surface area contributed by atoms with Gasteiger partial charge in [0, 0.05) is 22.2 Å². The number of thiazole rings is 1. The summed E-state index contributed by atoms with van der Waals surface area (Å²) in [5.41, 5.74) is 3.29. The molecule has 132 valence electrons. The number of hydrogen-bond acceptors (Lipinski definition) is 5. The Labute approximate surface area is 160 Å². The van der Waals surface area contributed by atoms with E-state index in [0.29, 0.717) is 11.3 Å². The number of thioether (sulfide) groups is 1. The molecule has 1 heterocycles. The molecule has 0 spiro atoms. The zero-order chi connectivity index (χ0) is 18.5. The molecule has 0 aliphatic carbocycles. The second-order valence-electron chi connectivity index (χ2n) is 5.75. The molecule has 1 aromatic heterocycles. The van der Waals surface area contributed by atoms with Crippen LogP contribution in [0.3, 0.4) is 0 Å². The summed E-state index contributed by atoms with van der Waals surface area (Å²) in [6.45, 7) is 3.37. The van der Waals surface area contributed by atoms with Crippen LogP contribution >= 0.6 is 23.1 Å². The lowest BCUT2D eigenvalue weighted by Crippen LogP contribution is -2.22. The van der Waals surface area contributed by atoms with Crippen LogP contribution in [0.1, 0.15) is 24.2 Å². The fourth-order valence-electron chi connectivity index (χ4n) is 2.29. The molecule has 2 aromatic carbocycles. The van der Waals surface area contributed by atoms with Crippen molar-refractivity contribution in [1.82, 2.24) is 4.98 Å². The van der Waals surface area contributed by atoms with Crippen LogP contribution in [0.4, 0.5) is 5.69 Å². The van der Waals surface area contributed by atoms with E-state index in [2.05, 4.69) is 10.3 Å². The van der Waals surface area contributed by atoms with E-state index in [9.17, 15) is 9.59 Å². The van der Waals surface area contributed by atoms with Crippen LogP contribution in [0.15, 0.2) is 64.3 Å². The minimum Gasteiger partial charge on any atom is -0.325 e. The van der Waals surface area contributed by atoms with Crippen molar-refractivity contribution >= 4 is 40.5 Å². The van der Waals surface area contributed by atoms with E-state index in [1.54, 1.807) is 24.3 Å². The number of amides is 1. The van der Waals surface area contributed by atoms with Gasteiger partial charge >= 0.3 is 0 Å². The highest BCUT2D eigenvalue weighted by Crippen LogP contribution is 2.31. The third-order valence-electron chi connectivity index (χ3n) is 3.76. The van der Waals surface area contributed by atoms with Crippen LogP contribution in [0.5, 0.6) is 0 Å². The Morgan fingerprint density at radius 2 is 1.77 bits per heavy atom. The van der Waals surface area contributed by atoms with E-state index in [4.69, 9.17) is 0 Å². The molecule has 1 atom stereocenters. The molecule has 6 heteroatoms. The van der Waals surface area contributed by atoms with Gasteiger partial charge in [0.25, 0.3) is 0 Å². The SMILES string of the molecule is CC(=O)c1ccc(NC(=O)[C@H](C)Sc2nc(-c3ccccc3)cs2)cc1. The van der Waals surface area contributed by atoms with Crippen LogP contribution in [-0.4, -0.2) is 21.9 Å². The van der Waals surface area contributed by atoms with E-state index < -0.39 is 0 Å². The molecular weight excluding hydrogens is 364 g/mol. The van der Waals surface area contributed by atoms with Gasteiger partial charge in [0.2, 0.25) is 5.91 Å². The van der Waals surface area contributed by atoms with Gasteiger partial charge in [-0.25, -0.2) is 4.98 Å². The standard InChI is InChI=1S/C20H18N2O2S2/c1-13(23)15-8-10-17(11-9-15)21-19(24)14(2)26-20-22-18(12-25-20)16-6-4-3-5-7-16/h3-12,14H,1-2H3,(H,21,24)/t14-/m0/s1.